The van der Waals surface area contributed by atoms with Crippen LogP contribution in [0.4, 0.5) is 14.5 Å². The van der Waals surface area contributed by atoms with E-state index in [9.17, 15) is 18.4 Å². The van der Waals surface area contributed by atoms with E-state index in [0.29, 0.717) is 24.5 Å². The van der Waals surface area contributed by atoms with Crippen LogP contribution in [0.15, 0.2) is 70.1 Å². The van der Waals surface area contributed by atoms with Gasteiger partial charge in [-0.3, -0.25) is 19.3 Å². The first-order chi connectivity index (χ1) is 18.4. The number of fused-ring (bicyclic) bond motifs is 1. The fraction of sp³-hybridized carbons (Fsp3) is 0.280. The molecule has 0 unspecified atom stereocenters. The lowest BCUT2D eigenvalue weighted by atomic mass is 10.1. The fourth-order valence-electron chi connectivity index (χ4n) is 4.26. The molecule has 0 fully saturated rings. The summed E-state index contributed by atoms with van der Waals surface area (Å²) < 4.78 is 32.7. The molecule has 10 nitrogen and oxygen atoms in total. The van der Waals surface area contributed by atoms with Gasteiger partial charge in [-0.25, -0.2) is 10.4 Å². The molecule has 2 N–H and O–H groups in total. The van der Waals surface area contributed by atoms with Crippen molar-refractivity contribution in [2.24, 2.45) is 4.99 Å². The Morgan fingerprint density at radius 3 is 2.92 bits per heavy atom. The number of thioether (sulfide) groups is 1. The first-order valence-corrected chi connectivity index (χ1v) is 13.1. The minimum Gasteiger partial charge on any atom is -0.434 e. The highest BCUT2D eigenvalue weighted by molar-refractivity contribution is 7.98. The average Bonchev–Trinajstić information content (AvgIpc) is 3.53. The number of carbonyl (C=O) groups is 2. The minimum absolute atomic E-state index is 0.0810. The van der Waals surface area contributed by atoms with Crippen molar-refractivity contribution in [3.63, 3.8) is 0 Å². The maximum atomic E-state index is 13.3. The Hall–Kier alpha value is -3.97. The maximum absolute atomic E-state index is 13.3. The van der Waals surface area contributed by atoms with Crippen molar-refractivity contribution in [3.05, 3.63) is 60.2 Å². The van der Waals surface area contributed by atoms with E-state index < -0.39 is 12.5 Å². The van der Waals surface area contributed by atoms with E-state index in [2.05, 4.69) is 20.8 Å². The number of rotatable bonds is 8. The molecule has 2 amide bonds. The molecule has 5 rings (SSSR count). The second kappa shape index (κ2) is 11.2. The van der Waals surface area contributed by atoms with Crippen molar-refractivity contribution in [3.8, 4) is 17.0 Å². The number of nitrogens with one attached hydrogen (secondary N) is 2. The maximum Gasteiger partial charge on any atom is 0.387 e. The molecule has 3 aliphatic heterocycles. The summed E-state index contributed by atoms with van der Waals surface area (Å²) in [6.45, 7) is -1.78. The lowest BCUT2D eigenvalue weighted by Crippen LogP contribution is -2.36. The Labute approximate surface area is 221 Å². The smallest absolute Gasteiger partial charge is 0.387 e. The lowest BCUT2D eigenvalue weighted by Gasteiger charge is -2.23. The Bertz CT molecular complexity index is 1370. The second-order valence-electron chi connectivity index (χ2n) is 8.51. The Morgan fingerprint density at radius 2 is 2.16 bits per heavy atom. The van der Waals surface area contributed by atoms with E-state index in [-0.39, 0.29) is 41.7 Å². The highest BCUT2D eigenvalue weighted by Gasteiger charge is 2.28. The van der Waals surface area contributed by atoms with Crippen LogP contribution in [0.3, 0.4) is 0 Å². The van der Waals surface area contributed by atoms with Crippen molar-refractivity contribution in [2.45, 2.75) is 24.5 Å². The number of halogens is 2. The van der Waals surface area contributed by atoms with Gasteiger partial charge in [-0.2, -0.15) is 13.9 Å². The van der Waals surface area contributed by atoms with E-state index in [1.54, 1.807) is 40.5 Å². The van der Waals surface area contributed by atoms with Crippen LogP contribution in [0.1, 0.15) is 6.42 Å². The van der Waals surface area contributed by atoms with Crippen molar-refractivity contribution >= 4 is 35.5 Å². The summed E-state index contributed by atoms with van der Waals surface area (Å²) in [4.78, 5) is 33.0. The zero-order chi connectivity index (χ0) is 26.6. The normalized spacial score (nSPS) is 16.4. The number of ether oxygens (including phenoxy) is 1. The van der Waals surface area contributed by atoms with Gasteiger partial charge < -0.3 is 15.0 Å². The largest absolute Gasteiger partial charge is 0.434 e. The minimum atomic E-state index is -3.05. The summed E-state index contributed by atoms with van der Waals surface area (Å²) in [6, 6.07) is 4.77. The summed E-state index contributed by atoms with van der Waals surface area (Å²) in [5.41, 5.74) is 4.16. The van der Waals surface area contributed by atoms with Crippen LogP contribution >= 0.6 is 11.8 Å². The summed E-state index contributed by atoms with van der Waals surface area (Å²) in [6.07, 6.45) is 13.2. The first kappa shape index (κ1) is 25.7. The number of alkyl halides is 2. The molecule has 0 aliphatic carbocycles. The summed E-state index contributed by atoms with van der Waals surface area (Å²) in [5.74, 6) is -0.220. The van der Waals surface area contributed by atoms with Gasteiger partial charge in [-0.15, -0.1) is 11.8 Å². The highest BCUT2D eigenvalue weighted by Crippen LogP contribution is 2.38. The van der Waals surface area contributed by atoms with Crippen LogP contribution in [0.5, 0.6) is 5.75 Å². The number of carbonyl (C=O) groups excluding carboxylic acids is 2. The molecule has 0 radical (unpaired) electrons. The van der Waals surface area contributed by atoms with Crippen LogP contribution in [-0.4, -0.2) is 70.2 Å². The Morgan fingerprint density at radius 1 is 1.29 bits per heavy atom. The lowest BCUT2D eigenvalue weighted by molar-refractivity contribution is -0.131. The van der Waals surface area contributed by atoms with Gasteiger partial charge >= 0.3 is 6.61 Å². The average molecular weight is 542 g/mol. The predicted octanol–water partition coefficient (Wildman–Crippen LogP) is 3.23. The van der Waals surface area contributed by atoms with E-state index in [1.165, 1.54) is 28.7 Å². The Kier molecular flexibility index (Phi) is 7.56. The second-order valence-corrected chi connectivity index (χ2v) is 9.39. The molecule has 2 aromatic rings. The number of hydrogen-bond acceptors (Lipinski definition) is 8. The van der Waals surface area contributed by atoms with Crippen LogP contribution < -0.4 is 15.5 Å². The topological polar surface area (TPSA) is 104 Å². The number of hydrazine groups is 1. The number of aromatic nitrogens is 2. The van der Waals surface area contributed by atoms with Crippen molar-refractivity contribution < 1.29 is 23.1 Å². The molecule has 1 aromatic carbocycles. The van der Waals surface area contributed by atoms with E-state index in [4.69, 9.17) is 4.74 Å². The third-order valence-corrected chi connectivity index (χ3v) is 6.82. The van der Waals surface area contributed by atoms with Crippen molar-refractivity contribution in [1.82, 2.24) is 25.1 Å². The van der Waals surface area contributed by atoms with Crippen molar-refractivity contribution in [1.29, 1.82) is 0 Å². The molecule has 3 aliphatic rings. The van der Waals surface area contributed by atoms with Crippen LogP contribution in [-0.2, 0) is 16.1 Å². The number of amides is 2. The number of anilines is 1. The molecule has 198 valence electrons. The van der Waals surface area contributed by atoms with E-state index >= 15 is 0 Å². The SMILES string of the molecule is CSc1ccc(OC(F)F)c(-c2nn(CC(=O)N3CC=CCC3)cc2NC(=O)C2=C3N=CC=CN3NC2)c1. The zero-order valence-electron chi connectivity index (χ0n) is 20.4. The van der Waals surface area contributed by atoms with Crippen LogP contribution in [0, 0.1) is 0 Å². The standard InChI is InChI=1S/C25H25F2N7O3S/c1-38-16-6-7-20(37-25(26)27)17(12-16)22-19(14-33(31-22)15-21(35)32-9-3-2-4-10-32)30-24(36)18-13-29-34-11-5-8-28-23(18)34/h2-3,5-8,11-12,14,25,29H,4,9-10,13,15H2,1H3,(H,30,36). The van der Waals surface area contributed by atoms with E-state index in [0.717, 1.165) is 11.3 Å². The van der Waals surface area contributed by atoms with Gasteiger partial charge in [-0.05, 0) is 37.0 Å². The highest BCUT2D eigenvalue weighted by atomic mass is 32.2. The molecule has 38 heavy (non-hydrogen) atoms. The molecule has 0 saturated carbocycles. The molecule has 13 heteroatoms. The summed E-state index contributed by atoms with van der Waals surface area (Å²) >= 11 is 1.42. The molecule has 0 bridgehead atoms. The van der Waals surface area contributed by atoms with Gasteiger partial charge in [0, 0.05) is 48.7 Å². The number of benzene rings is 1. The molecule has 0 atom stereocenters. The van der Waals surface area contributed by atoms with Gasteiger partial charge in [0.2, 0.25) is 5.91 Å². The zero-order valence-corrected chi connectivity index (χ0v) is 21.3. The number of allylic oxidation sites excluding steroid dienone is 1. The monoisotopic (exact) mass is 541 g/mol. The summed E-state index contributed by atoms with van der Waals surface area (Å²) in [5, 5.41) is 9.02. The van der Waals surface area contributed by atoms with Gasteiger partial charge in [0.05, 0.1) is 11.3 Å². The molecule has 0 saturated heterocycles. The number of nitrogens with zero attached hydrogens (tertiary/aromatic N) is 5. The van der Waals surface area contributed by atoms with Crippen molar-refractivity contribution in [2.75, 3.05) is 31.2 Å². The molecular formula is C25H25F2N7O3S. The van der Waals surface area contributed by atoms with Gasteiger partial charge in [0.15, 0.2) is 5.82 Å². The number of aliphatic imine (C=N–C) groups is 1. The molecule has 0 spiro atoms. The van der Waals surface area contributed by atoms with Gasteiger partial charge in [0.1, 0.15) is 18.0 Å². The third-order valence-electron chi connectivity index (χ3n) is 6.09. The molecule has 1 aromatic heterocycles. The molecular weight excluding hydrogens is 516 g/mol. The Balaban J connectivity index is 1.51. The van der Waals surface area contributed by atoms with Gasteiger partial charge in [-0.1, -0.05) is 12.2 Å². The fourth-order valence-corrected chi connectivity index (χ4v) is 4.70. The van der Waals surface area contributed by atoms with E-state index in [1.807, 2.05) is 18.4 Å². The van der Waals surface area contributed by atoms with Crippen LogP contribution in [0.2, 0.25) is 0 Å². The predicted molar refractivity (Wildman–Crippen MR) is 140 cm³/mol. The van der Waals surface area contributed by atoms with Crippen LogP contribution in [0.25, 0.3) is 11.3 Å². The van der Waals surface area contributed by atoms with Gasteiger partial charge in [0.25, 0.3) is 5.91 Å². The molecule has 4 heterocycles. The first-order valence-electron chi connectivity index (χ1n) is 11.8. The number of hydrogen-bond donors (Lipinski definition) is 2. The quantitative estimate of drug-likeness (QED) is 0.391. The summed E-state index contributed by atoms with van der Waals surface area (Å²) in [7, 11) is 0. The third kappa shape index (κ3) is 5.48.